The van der Waals surface area contributed by atoms with Gasteiger partial charge in [-0.15, -0.1) is 0 Å². The fourth-order valence-electron chi connectivity index (χ4n) is 1.77. The fourth-order valence-corrected chi connectivity index (χ4v) is 2.59. The maximum atomic E-state index is 14.0. The van der Waals surface area contributed by atoms with Gasteiger partial charge in [0, 0.05) is 17.0 Å². The van der Waals surface area contributed by atoms with Crippen LogP contribution < -0.4 is 9.47 Å². The van der Waals surface area contributed by atoms with Gasteiger partial charge in [0.1, 0.15) is 5.82 Å². The Labute approximate surface area is 114 Å². The lowest BCUT2D eigenvalue weighted by Gasteiger charge is -2.10. The van der Waals surface area contributed by atoms with E-state index in [-0.39, 0.29) is 17.1 Å². The Hall–Kier alpha value is -1.88. The molecule has 0 aliphatic heterocycles. The van der Waals surface area contributed by atoms with Crippen molar-refractivity contribution in [2.75, 3.05) is 14.2 Å². The van der Waals surface area contributed by atoms with Crippen LogP contribution in [-0.4, -0.2) is 20.0 Å². The highest BCUT2D eigenvalue weighted by molar-refractivity contribution is 7.08. The lowest BCUT2D eigenvalue weighted by atomic mass is 10.0. The summed E-state index contributed by atoms with van der Waals surface area (Å²) < 4.78 is 24.1. The molecule has 0 fully saturated rings. The summed E-state index contributed by atoms with van der Waals surface area (Å²) in [5.41, 5.74) is 1.33. The van der Waals surface area contributed by atoms with Gasteiger partial charge in [-0.1, -0.05) is 0 Å². The number of carbonyl (C=O) groups is 1. The molecule has 0 bridgehead atoms. The Balaban J connectivity index is 2.51. The highest BCUT2D eigenvalue weighted by Gasteiger charge is 2.20. The molecule has 0 aliphatic rings. The second kappa shape index (κ2) is 5.40. The van der Waals surface area contributed by atoms with E-state index in [9.17, 15) is 9.18 Å². The molecule has 0 N–H and O–H groups in total. The summed E-state index contributed by atoms with van der Waals surface area (Å²) in [7, 11) is 2.86. The quantitative estimate of drug-likeness (QED) is 0.805. The molecular formula is C14H13FO3S. The molecule has 1 heterocycles. The summed E-state index contributed by atoms with van der Waals surface area (Å²) in [5.74, 6) is -0.371. The smallest absolute Gasteiger partial charge is 0.197 e. The molecule has 0 unspecified atom stereocenters. The Kier molecular flexibility index (Phi) is 3.85. The molecule has 0 radical (unpaired) electrons. The summed E-state index contributed by atoms with van der Waals surface area (Å²) in [6.07, 6.45) is 0. The Bertz CT molecular complexity index is 619. The third kappa shape index (κ3) is 2.46. The second-order valence-corrected chi connectivity index (χ2v) is 4.73. The number of hydrogen-bond acceptors (Lipinski definition) is 4. The summed E-state index contributed by atoms with van der Waals surface area (Å²) in [5, 5.41) is 3.57. The number of methoxy groups -OCH3 is 2. The molecule has 100 valence electrons. The molecule has 1 aromatic heterocycles. The van der Waals surface area contributed by atoms with Crippen molar-refractivity contribution < 1.29 is 18.7 Å². The van der Waals surface area contributed by atoms with Crippen LogP contribution >= 0.6 is 11.3 Å². The molecule has 2 aromatic rings. The van der Waals surface area contributed by atoms with Gasteiger partial charge in [0.25, 0.3) is 0 Å². The van der Waals surface area contributed by atoms with Crippen molar-refractivity contribution >= 4 is 17.1 Å². The molecule has 19 heavy (non-hydrogen) atoms. The molecule has 0 saturated heterocycles. The molecule has 0 amide bonds. The van der Waals surface area contributed by atoms with Crippen molar-refractivity contribution in [3.8, 4) is 11.5 Å². The van der Waals surface area contributed by atoms with Crippen LogP contribution in [0.4, 0.5) is 4.39 Å². The zero-order chi connectivity index (χ0) is 14.0. The highest BCUT2D eigenvalue weighted by atomic mass is 32.1. The minimum absolute atomic E-state index is 0.0147. The summed E-state index contributed by atoms with van der Waals surface area (Å²) in [4.78, 5) is 12.3. The van der Waals surface area contributed by atoms with Crippen molar-refractivity contribution in [3.05, 3.63) is 45.4 Å². The lowest BCUT2D eigenvalue weighted by molar-refractivity contribution is 0.103. The number of halogens is 1. The van der Waals surface area contributed by atoms with Crippen LogP contribution in [0, 0.1) is 12.7 Å². The van der Waals surface area contributed by atoms with Crippen LogP contribution in [-0.2, 0) is 0 Å². The summed E-state index contributed by atoms with van der Waals surface area (Å²) in [6.45, 7) is 1.82. The van der Waals surface area contributed by atoms with Gasteiger partial charge in [-0.25, -0.2) is 4.39 Å². The molecule has 5 heteroatoms. The number of aryl methyl sites for hydroxylation is 1. The van der Waals surface area contributed by atoms with E-state index < -0.39 is 5.82 Å². The lowest BCUT2D eigenvalue weighted by Crippen LogP contribution is -2.06. The van der Waals surface area contributed by atoms with Gasteiger partial charge in [-0.2, -0.15) is 11.3 Å². The highest BCUT2D eigenvalue weighted by Crippen LogP contribution is 2.31. The summed E-state index contributed by atoms with van der Waals surface area (Å²) >= 11 is 1.41. The molecule has 3 nitrogen and oxygen atoms in total. The first-order valence-electron chi connectivity index (χ1n) is 5.57. The third-order valence-electron chi connectivity index (χ3n) is 2.82. The van der Waals surface area contributed by atoms with E-state index in [0.717, 1.165) is 11.6 Å². The van der Waals surface area contributed by atoms with E-state index in [1.54, 1.807) is 5.38 Å². The average Bonchev–Trinajstić information content (AvgIpc) is 2.83. The molecular weight excluding hydrogens is 267 g/mol. The van der Waals surface area contributed by atoms with Gasteiger partial charge in [-0.05, 0) is 23.9 Å². The molecule has 2 rings (SSSR count). The third-order valence-corrected chi connectivity index (χ3v) is 3.68. The van der Waals surface area contributed by atoms with Gasteiger partial charge in [0.05, 0.1) is 19.8 Å². The largest absolute Gasteiger partial charge is 0.493 e. The van der Waals surface area contributed by atoms with Gasteiger partial charge >= 0.3 is 0 Å². The number of carbonyl (C=O) groups excluding carboxylic acids is 1. The Morgan fingerprint density at radius 1 is 1.11 bits per heavy atom. The maximum Gasteiger partial charge on any atom is 0.197 e. The van der Waals surface area contributed by atoms with Crippen molar-refractivity contribution in [3.63, 3.8) is 0 Å². The number of ether oxygens (including phenoxy) is 2. The van der Waals surface area contributed by atoms with Crippen LogP contribution in [0.2, 0.25) is 0 Å². The van der Waals surface area contributed by atoms with Crippen LogP contribution in [0.25, 0.3) is 0 Å². The zero-order valence-corrected chi connectivity index (χ0v) is 11.6. The van der Waals surface area contributed by atoms with Crippen LogP contribution in [0.3, 0.4) is 0 Å². The first-order valence-corrected chi connectivity index (χ1v) is 6.51. The fraction of sp³-hybridized carbons (Fsp3) is 0.214. The number of ketones is 1. The van der Waals surface area contributed by atoms with Crippen molar-refractivity contribution in [1.82, 2.24) is 0 Å². The van der Waals surface area contributed by atoms with Crippen molar-refractivity contribution in [2.24, 2.45) is 0 Å². The van der Waals surface area contributed by atoms with E-state index in [2.05, 4.69) is 0 Å². The number of benzene rings is 1. The van der Waals surface area contributed by atoms with Gasteiger partial charge in [-0.3, -0.25) is 4.79 Å². The van der Waals surface area contributed by atoms with Gasteiger partial charge in [0.15, 0.2) is 17.3 Å². The minimum atomic E-state index is -0.617. The zero-order valence-electron chi connectivity index (χ0n) is 10.8. The molecule has 1 aromatic carbocycles. The van der Waals surface area contributed by atoms with Crippen LogP contribution in [0.5, 0.6) is 11.5 Å². The number of rotatable bonds is 4. The average molecular weight is 280 g/mol. The predicted molar refractivity (Wildman–Crippen MR) is 72.0 cm³/mol. The van der Waals surface area contributed by atoms with Gasteiger partial charge < -0.3 is 9.47 Å². The molecule has 0 atom stereocenters. The van der Waals surface area contributed by atoms with E-state index >= 15 is 0 Å². The van der Waals surface area contributed by atoms with E-state index in [4.69, 9.17) is 9.47 Å². The van der Waals surface area contributed by atoms with E-state index in [0.29, 0.717) is 11.3 Å². The SMILES string of the molecule is COc1cc(F)c(C(=O)c2cscc2C)cc1OC. The maximum absolute atomic E-state index is 14.0. The number of thiophene rings is 1. The standard InChI is InChI=1S/C14H13FO3S/c1-8-6-19-7-10(8)14(16)9-4-12(17-2)13(18-3)5-11(9)15/h4-7H,1-3H3. The minimum Gasteiger partial charge on any atom is -0.493 e. The molecule has 0 aliphatic carbocycles. The van der Waals surface area contributed by atoms with Crippen molar-refractivity contribution in [1.29, 1.82) is 0 Å². The van der Waals surface area contributed by atoms with E-state index in [1.165, 1.54) is 31.6 Å². The Morgan fingerprint density at radius 3 is 2.26 bits per heavy atom. The molecule has 0 saturated carbocycles. The first kappa shape index (κ1) is 13.5. The predicted octanol–water partition coefficient (Wildman–Crippen LogP) is 3.44. The molecule has 0 spiro atoms. The van der Waals surface area contributed by atoms with Gasteiger partial charge in [0.2, 0.25) is 0 Å². The van der Waals surface area contributed by atoms with E-state index in [1.807, 2.05) is 12.3 Å². The topological polar surface area (TPSA) is 35.5 Å². The monoisotopic (exact) mass is 280 g/mol. The van der Waals surface area contributed by atoms with Crippen LogP contribution in [0.1, 0.15) is 21.5 Å². The second-order valence-electron chi connectivity index (χ2n) is 3.98. The summed E-state index contributed by atoms with van der Waals surface area (Å²) in [6, 6.07) is 2.53. The Morgan fingerprint density at radius 2 is 1.74 bits per heavy atom. The van der Waals surface area contributed by atoms with Crippen LogP contribution in [0.15, 0.2) is 22.9 Å². The first-order chi connectivity index (χ1) is 9.08. The number of hydrogen-bond donors (Lipinski definition) is 0. The van der Waals surface area contributed by atoms with Crippen molar-refractivity contribution in [2.45, 2.75) is 6.92 Å². The normalized spacial score (nSPS) is 10.3.